The lowest BCUT2D eigenvalue weighted by atomic mass is 10.1. The normalized spacial score (nSPS) is 12.4. The van der Waals surface area contributed by atoms with Gasteiger partial charge in [-0.15, -0.1) is 5.10 Å². The number of alkyl halides is 4. The minimum Gasteiger partial charge on any atom is -0.472 e. The van der Waals surface area contributed by atoms with Crippen LogP contribution in [0.2, 0.25) is 0 Å². The van der Waals surface area contributed by atoms with Gasteiger partial charge in [0, 0.05) is 17.3 Å². The summed E-state index contributed by atoms with van der Waals surface area (Å²) in [5.74, 6) is -0.824. The number of primary amides is 1. The minimum atomic E-state index is -4.64. The van der Waals surface area contributed by atoms with Gasteiger partial charge in [0.15, 0.2) is 5.82 Å². The second kappa shape index (κ2) is 7.06. The summed E-state index contributed by atoms with van der Waals surface area (Å²) in [6.45, 7) is -1.07. The van der Waals surface area contributed by atoms with Crippen molar-refractivity contribution in [3.05, 3.63) is 59.8 Å². The van der Waals surface area contributed by atoms with E-state index in [0.29, 0.717) is 5.56 Å². The molecule has 0 unspecified atom stereocenters. The molecule has 0 bridgehead atoms. The number of hydrogen-bond donors (Lipinski definition) is 1. The molecule has 0 aliphatic rings. The van der Waals surface area contributed by atoms with E-state index >= 15 is 0 Å². The monoisotopic (exact) mass is 380 g/mol. The Hall–Kier alpha value is -3.43. The number of benzene rings is 1. The number of nitrogens with two attached hydrogens (primary N) is 1. The zero-order chi connectivity index (χ0) is 19.6. The summed E-state index contributed by atoms with van der Waals surface area (Å²) in [7, 11) is 0. The van der Waals surface area contributed by atoms with Crippen molar-refractivity contribution in [1.29, 1.82) is 0 Å². The fourth-order valence-corrected chi connectivity index (χ4v) is 2.36. The maximum absolute atomic E-state index is 13.0. The first-order valence-electron chi connectivity index (χ1n) is 7.51. The molecule has 0 radical (unpaired) electrons. The van der Waals surface area contributed by atoms with E-state index in [0.717, 1.165) is 16.8 Å². The highest BCUT2D eigenvalue weighted by Crippen LogP contribution is 2.33. The van der Waals surface area contributed by atoms with E-state index in [1.54, 1.807) is 0 Å². The van der Waals surface area contributed by atoms with Crippen molar-refractivity contribution < 1.29 is 26.8 Å². The minimum absolute atomic E-state index is 0.00596. The van der Waals surface area contributed by atoms with Crippen molar-refractivity contribution >= 4 is 17.7 Å². The lowest BCUT2D eigenvalue weighted by Gasteiger charge is -2.09. The van der Waals surface area contributed by atoms with Crippen LogP contribution in [0.5, 0.6) is 0 Å². The van der Waals surface area contributed by atoms with Crippen LogP contribution in [0.15, 0.2) is 47.5 Å². The van der Waals surface area contributed by atoms with Crippen LogP contribution in [-0.2, 0) is 17.6 Å². The highest BCUT2D eigenvalue weighted by molar-refractivity contribution is 6.22. The number of hydrogen-bond acceptors (Lipinski definition) is 4. The molecule has 0 saturated carbocycles. The van der Waals surface area contributed by atoms with Gasteiger partial charge in [0.25, 0.3) is 5.91 Å². The molecular weight excluding hydrogens is 368 g/mol. The van der Waals surface area contributed by atoms with Crippen LogP contribution >= 0.6 is 0 Å². The molecular formula is C17H12F4N4O2. The Morgan fingerprint density at radius 3 is 2.67 bits per heavy atom. The predicted octanol–water partition coefficient (Wildman–Crippen LogP) is 3.51. The molecule has 0 fully saturated rings. The molecule has 3 aromatic rings. The summed E-state index contributed by atoms with van der Waals surface area (Å²) >= 11 is 0. The lowest BCUT2D eigenvalue weighted by molar-refractivity contribution is -0.137. The molecule has 6 nitrogen and oxygen atoms in total. The third-order valence-corrected chi connectivity index (χ3v) is 3.60. The zero-order valence-corrected chi connectivity index (χ0v) is 13.6. The standard InChI is InChI=1S/C17H12F4N4O2/c18-6-10-3-12(5-13(4-10)17(19,20)21)16-23-9-25(24-16)7-14(15(22)26)11-1-2-27-8-11/h1-5,7-9H,6H2,(H2,22,26)/b14-7+. The van der Waals surface area contributed by atoms with Crippen LogP contribution in [0.25, 0.3) is 23.2 Å². The van der Waals surface area contributed by atoms with Gasteiger partial charge in [0.1, 0.15) is 13.0 Å². The Kier molecular flexibility index (Phi) is 4.80. The fourth-order valence-electron chi connectivity index (χ4n) is 2.36. The Labute approximate surface area is 149 Å². The molecule has 10 heteroatoms. The molecule has 0 aliphatic carbocycles. The number of halogens is 4. The number of amides is 1. The summed E-state index contributed by atoms with van der Waals surface area (Å²) in [5.41, 5.74) is 4.63. The molecule has 0 saturated heterocycles. The third kappa shape index (κ3) is 4.05. The van der Waals surface area contributed by atoms with Gasteiger partial charge in [-0.25, -0.2) is 14.1 Å². The average molecular weight is 380 g/mol. The van der Waals surface area contributed by atoms with Crippen LogP contribution in [-0.4, -0.2) is 20.7 Å². The van der Waals surface area contributed by atoms with E-state index in [-0.39, 0.29) is 22.5 Å². The molecule has 0 aliphatic heterocycles. The van der Waals surface area contributed by atoms with E-state index in [9.17, 15) is 22.4 Å². The van der Waals surface area contributed by atoms with Crippen molar-refractivity contribution in [1.82, 2.24) is 14.8 Å². The summed E-state index contributed by atoms with van der Waals surface area (Å²) in [5, 5.41) is 4.01. The van der Waals surface area contributed by atoms with E-state index in [4.69, 9.17) is 10.2 Å². The first-order chi connectivity index (χ1) is 12.8. The van der Waals surface area contributed by atoms with Crippen LogP contribution in [0.3, 0.4) is 0 Å². The third-order valence-electron chi connectivity index (χ3n) is 3.60. The molecule has 0 atom stereocenters. The molecule has 3 rings (SSSR count). The molecule has 0 spiro atoms. The van der Waals surface area contributed by atoms with E-state index in [2.05, 4.69) is 10.1 Å². The lowest BCUT2D eigenvalue weighted by Crippen LogP contribution is -2.13. The molecule has 2 N–H and O–H groups in total. The van der Waals surface area contributed by atoms with Crippen molar-refractivity contribution in [2.75, 3.05) is 0 Å². The maximum Gasteiger partial charge on any atom is 0.416 e. The van der Waals surface area contributed by atoms with Crippen LogP contribution in [0.4, 0.5) is 17.6 Å². The van der Waals surface area contributed by atoms with Crippen molar-refractivity contribution in [3.63, 3.8) is 0 Å². The summed E-state index contributed by atoms with van der Waals surface area (Å²) in [6, 6.07) is 4.29. The fraction of sp³-hybridized carbons (Fsp3) is 0.118. The molecule has 1 amide bonds. The zero-order valence-electron chi connectivity index (χ0n) is 13.6. The SMILES string of the molecule is NC(=O)/C(=C/n1cnc(-c2cc(CF)cc(C(F)(F)F)c2)n1)c1ccoc1. The predicted molar refractivity (Wildman–Crippen MR) is 87.3 cm³/mol. The second-order valence-electron chi connectivity index (χ2n) is 5.52. The highest BCUT2D eigenvalue weighted by atomic mass is 19.4. The van der Waals surface area contributed by atoms with Crippen molar-refractivity contribution in [3.8, 4) is 11.4 Å². The average Bonchev–Trinajstić information content (AvgIpc) is 3.30. The topological polar surface area (TPSA) is 86.9 Å². The Morgan fingerprint density at radius 2 is 2.07 bits per heavy atom. The van der Waals surface area contributed by atoms with Gasteiger partial charge in [-0.3, -0.25) is 4.79 Å². The van der Waals surface area contributed by atoms with E-state index in [1.165, 1.54) is 37.2 Å². The smallest absolute Gasteiger partial charge is 0.416 e. The number of nitrogens with zero attached hydrogens (tertiary/aromatic N) is 3. The number of rotatable bonds is 5. The molecule has 27 heavy (non-hydrogen) atoms. The van der Waals surface area contributed by atoms with Gasteiger partial charge in [-0.05, 0) is 29.8 Å². The second-order valence-corrected chi connectivity index (χ2v) is 5.52. The van der Waals surface area contributed by atoms with Gasteiger partial charge in [0.2, 0.25) is 0 Å². The summed E-state index contributed by atoms with van der Waals surface area (Å²) in [4.78, 5) is 15.5. The van der Waals surface area contributed by atoms with Crippen LogP contribution < -0.4 is 5.73 Å². The molecule has 140 valence electrons. The summed E-state index contributed by atoms with van der Waals surface area (Å²) < 4.78 is 57.9. The number of aromatic nitrogens is 3. The Morgan fingerprint density at radius 1 is 1.30 bits per heavy atom. The Balaban J connectivity index is 2.01. The van der Waals surface area contributed by atoms with Gasteiger partial charge in [-0.1, -0.05) is 0 Å². The molecule has 1 aromatic carbocycles. The number of carbonyl (C=O) groups excluding carboxylic acids is 1. The van der Waals surface area contributed by atoms with Crippen molar-refractivity contribution in [2.45, 2.75) is 12.9 Å². The first-order valence-corrected chi connectivity index (χ1v) is 7.51. The van der Waals surface area contributed by atoms with Gasteiger partial charge in [-0.2, -0.15) is 13.2 Å². The van der Waals surface area contributed by atoms with Crippen molar-refractivity contribution in [2.24, 2.45) is 5.73 Å². The first kappa shape index (κ1) is 18.4. The van der Waals surface area contributed by atoms with E-state index in [1.807, 2.05) is 0 Å². The maximum atomic E-state index is 13.0. The molecule has 2 heterocycles. The quantitative estimate of drug-likeness (QED) is 0.542. The largest absolute Gasteiger partial charge is 0.472 e. The summed E-state index contributed by atoms with van der Waals surface area (Å²) in [6.07, 6.45) is 0.457. The van der Waals surface area contributed by atoms with Gasteiger partial charge in [0.05, 0.1) is 23.7 Å². The highest BCUT2D eigenvalue weighted by Gasteiger charge is 2.31. The van der Waals surface area contributed by atoms with Crippen LogP contribution in [0.1, 0.15) is 16.7 Å². The number of furan rings is 1. The Bertz CT molecular complexity index is 991. The molecule has 2 aromatic heterocycles. The van der Waals surface area contributed by atoms with Gasteiger partial charge < -0.3 is 10.2 Å². The number of carbonyl (C=O) groups is 1. The van der Waals surface area contributed by atoms with Crippen LogP contribution in [0, 0.1) is 0 Å². The van der Waals surface area contributed by atoms with Gasteiger partial charge >= 0.3 is 6.18 Å². The van der Waals surface area contributed by atoms with E-state index < -0.39 is 24.3 Å².